The Balaban J connectivity index is 2.43. The summed E-state index contributed by atoms with van der Waals surface area (Å²) in [6, 6.07) is 2.24. The predicted octanol–water partition coefficient (Wildman–Crippen LogP) is 1.27. The fourth-order valence-electron chi connectivity index (χ4n) is 2.15. The molecule has 0 radical (unpaired) electrons. The van der Waals surface area contributed by atoms with Crippen molar-refractivity contribution in [2.24, 2.45) is 11.3 Å². The molecule has 21 heavy (non-hydrogen) atoms. The van der Waals surface area contributed by atoms with Crippen LogP contribution in [0.3, 0.4) is 0 Å². The summed E-state index contributed by atoms with van der Waals surface area (Å²) in [5.74, 6) is 5.22. The number of nitro groups is 1. The number of sulfonamides is 1. The van der Waals surface area contributed by atoms with Gasteiger partial charge in [0.25, 0.3) is 5.69 Å². The Hall–Kier alpha value is -1.71. The van der Waals surface area contributed by atoms with Gasteiger partial charge in [-0.15, -0.1) is 0 Å². The maximum atomic E-state index is 12.4. The van der Waals surface area contributed by atoms with Crippen molar-refractivity contribution in [2.75, 3.05) is 5.43 Å². The number of nitrogens with zero attached hydrogens (tertiary/aromatic N) is 1. The number of hydrogen-bond acceptors (Lipinski definition) is 6. The molecule has 1 unspecified atom stereocenters. The molecule has 0 amide bonds. The van der Waals surface area contributed by atoms with E-state index in [1.54, 1.807) is 6.92 Å². The summed E-state index contributed by atoms with van der Waals surface area (Å²) in [6.45, 7) is 5.48. The zero-order valence-electron chi connectivity index (χ0n) is 12.0. The van der Waals surface area contributed by atoms with E-state index in [1.165, 1.54) is 6.07 Å². The van der Waals surface area contributed by atoms with Crippen LogP contribution in [-0.2, 0) is 10.0 Å². The van der Waals surface area contributed by atoms with Gasteiger partial charge in [0.1, 0.15) is 5.69 Å². The number of hydrogen-bond donors (Lipinski definition) is 3. The van der Waals surface area contributed by atoms with E-state index in [2.05, 4.69) is 10.1 Å². The third kappa shape index (κ3) is 2.99. The third-order valence-electron chi connectivity index (χ3n) is 3.75. The average Bonchev–Trinajstić information content (AvgIpc) is 2.93. The Morgan fingerprint density at radius 1 is 1.43 bits per heavy atom. The van der Waals surface area contributed by atoms with Crippen LogP contribution in [-0.4, -0.2) is 19.4 Å². The molecule has 9 heteroatoms. The van der Waals surface area contributed by atoms with Crippen LogP contribution in [0.15, 0.2) is 17.0 Å². The summed E-state index contributed by atoms with van der Waals surface area (Å²) in [7, 11) is -3.80. The number of rotatable bonds is 5. The minimum Gasteiger partial charge on any atom is -0.318 e. The molecule has 1 saturated carbocycles. The molecule has 0 aromatic heterocycles. The van der Waals surface area contributed by atoms with Gasteiger partial charge in [-0.3, -0.25) is 16.0 Å². The van der Waals surface area contributed by atoms with Crippen molar-refractivity contribution in [1.82, 2.24) is 4.72 Å². The Bertz CT molecular complexity index is 699. The predicted molar refractivity (Wildman–Crippen MR) is 78.2 cm³/mol. The van der Waals surface area contributed by atoms with Crippen molar-refractivity contribution in [3.05, 3.63) is 27.8 Å². The number of aryl methyl sites for hydroxylation is 1. The summed E-state index contributed by atoms with van der Waals surface area (Å²) < 4.78 is 27.3. The van der Waals surface area contributed by atoms with Crippen molar-refractivity contribution >= 4 is 21.4 Å². The Labute approximate surface area is 122 Å². The van der Waals surface area contributed by atoms with Gasteiger partial charge < -0.3 is 5.43 Å². The van der Waals surface area contributed by atoms with Crippen LogP contribution >= 0.6 is 0 Å². The van der Waals surface area contributed by atoms with Gasteiger partial charge >= 0.3 is 0 Å². The highest BCUT2D eigenvalue weighted by Crippen LogP contribution is 2.45. The van der Waals surface area contributed by atoms with Crippen molar-refractivity contribution in [1.29, 1.82) is 0 Å². The van der Waals surface area contributed by atoms with Crippen LogP contribution in [0.1, 0.15) is 25.8 Å². The molecule has 0 aliphatic heterocycles. The molecule has 2 rings (SSSR count). The number of nitro benzene ring substituents is 1. The first-order valence-corrected chi connectivity index (χ1v) is 7.85. The molecule has 0 spiro atoms. The number of benzene rings is 1. The van der Waals surface area contributed by atoms with Crippen molar-refractivity contribution in [2.45, 2.75) is 38.1 Å². The first-order valence-electron chi connectivity index (χ1n) is 6.36. The van der Waals surface area contributed by atoms with Crippen LogP contribution in [0.2, 0.25) is 0 Å². The van der Waals surface area contributed by atoms with E-state index >= 15 is 0 Å². The van der Waals surface area contributed by atoms with Crippen LogP contribution in [0, 0.1) is 22.5 Å². The number of anilines is 1. The SMILES string of the molecule is Cc1cc(NN)c([N+](=O)[O-])cc1S(=O)(=O)NC1CC1(C)C. The smallest absolute Gasteiger partial charge is 0.295 e. The van der Waals surface area contributed by atoms with E-state index in [4.69, 9.17) is 5.84 Å². The summed E-state index contributed by atoms with van der Waals surface area (Å²) in [5, 5.41) is 11.0. The summed E-state index contributed by atoms with van der Waals surface area (Å²) >= 11 is 0. The first-order chi connectivity index (χ1) is 9.58. The van der Waals surface area contributed by atoms with Gasteiger partial charge in [0.05, 0.1) is 9.82 Å². The van der Waals surface area contributed by atoms with E-state index in [1.807, 2.05) is 13.8 Å². The van der Waals surface area contributed by atoms with Gasteiger partial charge in [-0.1, -0.05) is 13.8 Å². The largest absolute Gasteiger partial charge is 0.318 e. The molecule has 1 aliphatic carbocycles. The van der Waals surface area contributed by atoms with Crippen molar-refractivity contribution in [3.8, 4) is 0 Å². The van der Waals surface area contributed by atoms with Gasteiger partial charge in [-0.25, -0.2) is 13.1 Å². The molecule has 1 atom stereocenters. The zero-order chi connectivity index (χ0) is 16.0. The maximum Gasteiger partial charge on any atom is 0.295 e. The van der Waals surface area contributed by atoms with E-state index in [-0.39, 0.29) is 27.7 Å². The minimum atomic E-state index is -3.80. The molecular weight excluding hydrogens is 296 g/mol. The normalized spacial score (nSPS) is 20.1. The highest BCUT2D eigenvalue weighted by molar-refractivity contribution is 7.89. The van der Waals surface area contributed by atoms with Gasteiger partial charge in [-0.05, 0) is 30.4 Å². The van der Waals surface area contributed by atoms with E-state index in [0.29, 0.717) is 5.56 Å². The van der Waals surface area contributed by atoms with Crippen LogP contribution in [0.5, 0.6) is 0 Å². The van der Waals surface area contributed by atoms with Gasteiger partial charge in [-0.2, -0.15) is 0 Å². The highest BCUT2D eigenvalue weighted by atomic mass is 32.2. The van der Waals surface area contributed by atoms with Gasteiger partial charge in [0, 0.05) is 12.1 Å². The summed E-state index contributed by atoms with van der Waals surface area (Å²) in [6.07, 6.45) is 0.746. The van der Waals surface area contributed by atoms with Crippen molar-refractivity contribution < 1.29 is 13.3 Å². The molecular formula is C12H18N4O4S. The summed E-state index contributed by atoms with van der Waals surface area (Å²) in [5.41, 5.74) is 2.21. The van der Waals surface area contributed by atoms with Crippen LogP contribution in [0.25, 0.3) is 0 Å². The van der Waals surface area contributed by atoms with E-state index < -0.39 is 14.9 Å². The van der Waals surface area contributed by atoms with E-state index in [9.17, 15) is 18.5 Å². The molecule has 0 saturated heterocycles. The summed E-state index contributed by atoms with van der Waals surface area (Å²) in [4.78, 5) is 10.2. The Kier molecular flexibility index (Phi) is 3.68. The lowest BCUT2D eigenvalue weighted by molar-refractivity contribution is -0.384. The Morgan fingerprint density at radius 2 is 2.00 bits per heavy atom. The Morgan fingerprint density at radius 3 is 2.43 bits per heavy atom. The number of nitrogens with two attached hydrogens (primary N) is 1. The van der Waals surface area contributed by atoms with Gasteiger partial charge in [0.2, 0.25) is 10.0 Å². The monoisotopic (exact) mass is 314 g/mol. The zero-order valence-corrected chi connectivity index (χ0v) is 12.8. The number of nitrogen functional groups attached to an aromatic ring is 1. The lowest BCUT2D eigenvalue weighted by atomic mass is 10.2. The molecule has 1 aromatic rings. The minimum absolute atomic E-state index is 0.0724. The van der Waals surface area contributed by atoms with Crippen LogP contribution < -0.4 is 16.0 Å². The van der Waals surface area contributed by atoms with Gasteiger partial charge in [0.15, 0.2) is 0 Å². The molecule has 4 N–H and O–H groups in total. The average molecular weight is 314 g/mol. The standard InChI is InChI=1S/C12H18N4O4S/c1-7-4-8(14-13)9(16(17)18)5-10(7)21(19,20)15-11-6-12(11,2)3/h4-5,11,14-15H,6,13H2,1-3H3. The molecule has 116 valence electrons. The quantitative estimate of drug-likeness (QED) is 0.426. The lowest BCUT2D eigenvalue weighted by Crippen LogP contribution is -2.29. The second-order valence-electron chi connectivity index (χ2n) is 5.90. The lowest BCUT2D eigenvalue weighted by Gasteiger charge is -2.12. The van der Waals surface area contributed by atoms with E-state index in [0.717, 1.165) is 12.5 Å². The fraction of sp³-hybridized carbons (Fsp3) is 0.500. The molecule has 1 aliphatic rings. The topological polar surface area (TPSA) is 127 Å². The second-order valence-corrected chi connectivity index (χ2v) is 7.59. The van der Waals surface area contributed by atoms with Crippen LogP contribution in [0.4, 0.5) is 11.4 Å². The fourth-order valence-corrected chi connectivity index (χ4v) is 3.81. The molecule has 1 aromatic carbocycles. The first kappa shape index (κ1) is 15.7. The highest BCUT2D eigenvalue weighted by Gasteiger charge is 2.48. The molecule has 0 heterocycles. The number of nitrogens with one attached hydrogen (secondary N) is 2. The molecule has 0 bridgehead atoms. The number of hydrazine groups is 1. The third-order valence-corrected chi connectivity index (χ3v) is 5.36. The second kappa shape index (κ2) is 4.93. The molecule has 8 nitrogen and oxygen atoms in total. The molecule has 1 fully saturated rings. The van der Waals surface area contributed by atoms with Crippen molar-refractivity contribution in [3.63, 3.8) is 0 Å². The maximum absolute atomic E-state index is 12.4.